The fraction of sp³-hybridized carbons (Fsp3) is 0.474. The van der Waals surface area contributed by atoms with Crippen LogP contribution in [0.15, 0.2) is 30.3 Å². The van der Waals surface area contributed by atoms with E-state index in [1.54, 1.807) is 12.1 Å². The van der Waals surface area contributed by atoms with Gasteiger partial charge in [0, 0.05) is 23.7 Å². The van der Waals surface area contributed by atoms with E-state index in [2.05, 4.69) is 15.6 Å². The van der Waals surface area contributed by atoms with E-state index in [9.17, 15) is 4.39 Å². The SMILES string of the molecule is Fc1ccc(Nc2cc(C3CC3)nc(NC3CCCCC3)n2)cc1. The highest BCUT2D eigenvalue weighted by atomic mass is 19.1. The molecule has 0 unspecified atom stereocenters. The predicted octanol–water partition coefficient (Wildman–Crippen LogP) is 4.98. The summed E-state index contributed by atoms with van der Waals surface area (Å²) in [6.45, 7) is 0. The van der Waals surface area contributed by atoms with Crippen LogP contribution in [0.3, 0.4) is 0 Å². The van der Waals surface area contributed by atoms with Crippen LogP contribution in [0.5, 0.6) is 0 Å². The van der Waals surface area contributed by atoms with Crippen molar-refractivity contribution >= 4 is 17.5 Å². The van der Waals surface area contributed by atoms with E-state index in [0.717, 1.165) is 23.1 Å². The first kappa shape index (κ1) is 15.4. The van der Waals surface area contributed by atoms with E-state index in [4.69, 9.17) is 4.98 Å². The molecule has 24 heavy (non-hydrogen) atoms. The molecule has 2 aromatic rings. The Balaban J connectivity index is 1.54. The lowest BCUT2D eigenvalue weighted by molar-refractivity contribution is 0.460. The lowest BCUT2D eigenvalue weighted by atomic mass is 9.96. The third kappa shape index (κ3) is 3.83. The second kappa shape index (κ2) is 6.75. The molecule has 0 spiro atoms. The molecule has 2 aliphatic carbocycles. The number of anilines is 3. The van der Waals surface area contributed by atoms with Crippen molar-refractivity contribution < 1.29 is 4.39 Å². The molecule has 126 valence electrons. The lowest BCUT2D eigenvalue weighted by Gasteiger charge is -2.23. The lowest BCUT2D eigenvalue weighted by Crippen LogP contribution is -2.23. The third-order valence-electron chi connectivity index (χ3n) is 4.80. The zero-order valence-corrected chi connectivity index (χ0v) is 13.8. The van der Waals surface area contributed by atoms with Crippen molar-refractivity contribution in [3.05, 3.63) is 41.8 Å². The van der Waals surface area contributed by atoms with E-state index >= 15 is 0 Å². The van der Waals surface area contributed by atoms with E-state index < -0.39 is 0 Å². The van der Waals surface area contributed by atoms with Gasteiger partial charge in [-0.05, 0) is 49.9 Å². The maximum absolute atomic E-state index is 13.1. The Morgan fingerprint density at radius 1 is 0.917 bits per heavy atom. The Morgan fingerprint density at radius 3 is 2.38 bits per heavy atom. The average Bonchev–Trinajstić information content (AvgIpc) is 3.43. The zero-order chi connectivity index (χ0) is 16.4. The van der Waals surface area contributed by atoms with Gasteiger partial charge in [-0.25, -0.2) is 9.37 Å². The van der Waals surface area contributed by atoms with Crippen molar-refractivity contribution in [2.75, 3.05) is 10.6 Å². The van der Waals surface area contributed by atoms with E-state index in [1.807, 2.05) is 6.07 Å². The maximum atomic E-state index is 13.1. The van der Waals surface area contributed by atoms with Gasteiger partial charge in [0.2, 0.25) is 5.95 Å². The summed E-state index contributed by atoms with van der Waals surface area (Å²) in [4.78, 5) is 9.35. The molecule has 1 aromatic heterocycles. The number of aromatic nitrogens is 2. The smallest absolute Gasteiger partial charge is 0.225 e. The minimum atomic E-state index is -0.235. The van der Waals surface area contributed by atoms with Gasteiger partial charge in [0.1, 0.15) is 11.6 Å². The Labute approximate surface area is 141 Å². The minimum absolute atomic E-state index is 0.235. The molecule has 0 radical (unpaired) electrons. The first-order valence-corrected chi connectivity index (χ1v) is 8.94. The fourth-order valence-electron chi connectivity index (χ4n) is 3.29. The summed E-state index contributed by atoms with van der Waals surface area (Å²) >= 11 is 0. The van der Waals surface area contributed by atoms with Gasteiger partial charge in [-0.1, -0.05) is 19.3 Å². The highest BCUT2D eigenvalue weighted by Gasteiger charge is 2.26. The summed E-state index contributed by atoms with van der Waals surface area (Å²) in [5.41, 5.74) is 1.94. The van der Waals surface area contributed by atoms with E-state index in [-0.39, 0.29) is 5.82 Å². The van der Waals surface area contributed by atoms with Crippen LogP contribution in [0.4, 0.5) is 21.8 Å². The van der Waals surface area contributed by atoms with Crippen LogP contribution < -0.4 is 10.6 Å². The summed E-state index contributed by atoms with van der Waals surface area (Å²) in [6.07, 6.45) is 8.68. The second-order valence-corrected chi connectivity index (χ2v) is 6.89. The Bertz CT molecular complexity index is 691. The highest BCUT2D eigenvalue weighted by molar-refractivity contribution is 5.58. The summed E-state index contributed by atoms with van der Waals surface area (Å²) in [5.74, 6) is 1.82. The molecule has 2 N–H and O–H groups in total. The molecule has 0 bridgehead atoms. The second-order valence-electron chi connectivity index (χ2n) is 6.89. The number of hydrogen-bond acceptors (Lipinski definition) is 4. The van der Waals surface area contributed by atoms with Crippen LogP contribution in [-0.4, -0.2) is 16.0 Å². The molecule has 5 heteroatoms. The van der Waals surface area contributed by atoms with Crippen LogP contribution in [-0.2, 0) is 0 Å². The van der Waals surface area contributed by atoms with Crippen molar-refractivity contribution in [1.82, 2.24) is 9.97 Å². The fourth-order valence-corrected chi connectivity index (χ4v) is 3.29. The molecule has 2 fully saturated rings. The van der Waals surface area contributed by atoms with Crippen LogP contribution in [0.1, 0.15) is 56.6 Å². The van der Waals surface area contributed by atoms with Crippen LogP contribution in [0.25, 0.3) is 0 Å². The van der Waals surface area contributed by atoms with E-state index in [0.29, 0.717) is 12.0 Å². The van der Waals surface area contributed by atoms with Crippen molar-refractivity contribution in [2.24, 2.45) is 0 Å². The molecule has 2 saturated carbocycles. The van der Waals surface area contributed by atoms with Crippen molar-refractivity contribution in [3.63, 3.8) is 0 Å². The Hall–Kier alpha value is -2.17. The van der Waals surface area contributed by atoms with Crippen molar-refractivity contribution in [2.45, 2.75) is 56.9 Å². The first-order valence-electron chi connectivity index (χ1n) is 8.94. The van der Waals surface area contributed by atoms with Gasteiger partial charge in [-0.3, -0.25) is 0 Å². The summed E-state index contributed by atoms with van der Waals surface area (Å²) < 4.78 is 13.1. The van der Waals surface area contributed by atoms with Gasteiger partial charge in [0.05, 0.1) is 5.69 Å². The number of benzene rings is 1. The van der Waals surface area contributed by atoms with Crippen molar-refractivity contribution in [1.29, 1.82) is 0 Å². The number of nitrogens with one attached hydrogen (secondary N) is 2. The molecule has 1 aromatic carbocycles. The van der Waals surface area contributed by atoms with Crippen molar-refractivity contribution in [3.8, 4) is 0 Å². The van der Waals surface area contributed by atoms with Gasteiger partial charge in [0.15, 0.2) is 0 Å². The molecule has 4 nitrogen and oxygen atoms in total. The topological polar surface area (TPSA) is 49.8 Å². The number of hydrogen-bond donors (Lipinski definition) is 2. The number of halogens is 1. The van der Waals surface area contributed by atoms with Crippen LogP contribution in [0, 0.1) is 5.82 Å². The standard InChI is InChI=1S/C19H23FN4/c20-14-8-10-16(11-9-14)21-18-12-17(13-6-7-13)23-19(24-18)22-15-4-2-1-3-5-15/h8-13,15H,1-7H2,(H2,21,22,23,24). The molecular formula is C19H23FN4. The summed E-state index contributed by atoms with van der Waals surface area (Å²) in [7, 11) is 0. The number of nitrogens with zero attached hydrogens (tertiary/aromatic N) is 2. The maximum Gasteiger partial charge on any atom is 0.225 e. The Morgan fingerprint density at radius 2 is 1.67 bits per heavy atom. The first-order chi connectivity index (χ1) is 11.8. The van der Waals surface area contributed by atoms with Crippen LogP contribution in [0.2, 0.25) is 0 Å². The normalized spacial score (nSPS) is 18.4. The quantitative estimate of drug-likeness (QED) is 0.813. The van der Waals surface area contributed by atoms with Gasteiger partial charge in [-0.15, -0.1) is 0 Å². The molecular weight excluding hydrogens is 303 g/mol. The van der Waals surface area contributed by atoms with Gasteiger partial charge in [-0.2, -0.15) is 4.98 Å². The van der Waals surface area contributed by atoms with Gasteiger partial charge in [0.25, 0.3) is 0 Å². The predicted molar refractivity (Wildman–Crippen MR) is 94.2 cm³/mol. The molecule has 0 amide bonds. The third-order valence-corrected chi connectivity index (χ3v) is 4.80. The molecule has 0 atom stereocenters. The molecule has 0 saturated heterocycles. The van der Waals surface area contributed by atoms with Gasteiger partial charge >= 0.3 is 0 Å². The largest absolute Gasteiger partial charge is 0.351 e. The van der Waals surface area contributed by atoms with Gasteiger partial charge < -0.3 is 10.6 Å². The Kier molecular flexibility index (Phi) is 4.32. The molecule has 0 aliphatic heterocycles. The molecule has 2 aliphatic rings. The monoisotopic (exact) mass is 326 g/mol. The summed E-state index contributed by atoms with van der Waals surface area (Å²) in [6, 6.07) is 8.85. The molecule has 4 rings (SSSR count). The van der Waals surface area contributed by atoms with Crippen LogP contribution >= 0.6 is 0 Å². The highest BCUT2D eigenvalue weighted by Crippen LogP contribution is 2.40. The average molecular weight is 326 g/mol. The summed E-state index contributed by atoms with van der Waals surface area (Å²) in [5, 5.41) is 6.79. The zero-order valence-electron chi connectivity index (χ0n) is 13.8. The number of rotatable bonds is 5. The molecule has 1 heterocycles. The minimum Gasteiger partial charge on any atom is -0.351 e. The van der Waals surface area contributed by atoms with E-state index in [1.165, 1.54) is 57.1 Å².